The minimum atomic E-state index is -0.767. The number of rotatable bonds is 60. The molecule has 0 saturated carbocycles. The molecule has 0 spiro atoms. The molecule has 0 rings (SSSR count). The van der Waals surface area contributed by atoms with Crippen LogP contribution in [-0.2, 0) is 28.6 Å². The molecule has 6 nitrogen and oxygen atoms in total. The summed E-state index contributed by atoms with van der Waals surface area (Å²) in [6.45, 7) is 6.62. The third-order valence-electron chi connectivity index (χ3n) is 14.8. The van der Waals surface area contributed by atoms with Gasteiger partial charge in [0.25, 0.3) is 0 Å². The summed E-state index contributed by atoms with van der Waals surface area (Å²) in [5, 5.41) is 0. The average Bonchev–Trinajstić information content (AvgIpc) is 3.37. The smallest absolute Gasteiger partial charge is 0.306 e. The summed E-state index contributed by atoms with van der Waals surface area (Å²) in [6, 6.07) is 0. The minimum Gasteiger partial charge on any atom is -0.462 e. The topological polar surface area (TPSA) is 78.9 Å². The Bertz CT molecular complexity index is 1100. The van der Waals surface area contributed by atoms with Gasteiger partial charge in [-0.3, -0.25) is 14.4 Å². The van der Waals surface area contributed by atoms with Gasteiger partial charge in [0, 0.05) is 19.3 Å². The average molecular weight is 1000 g/mol. The van der Waals surface area contributed by atoms with E-state index in [0.717, 1.165) is 70.6 Å². The molecule has 0 radical (unpaired) electrons. The van der Waals surface area contributed by atoms with Crippen LogP contribution in [-0.4, -0.2) is 37.2 Å². The number of carbonyl (C=O) groups excluding carboxylic acids is 3. The lowest BCUT2D eigenvalue weighted by atomic mass is 10.0. The minimum absolute atomic E-state index is 0.0670. The predicted molar refractivity (Wildman–Crippen MR) is 307 cm³/mol. The molecule has 71 heavy (non-hydrogen) atoms. The van der Waals surface area contributed by atoms with E-state index in [1.54, 1.807) is 0 Å². The van der Waals surface area contributed by atoms with Crippen LogP contribution in [0.5, 0.6) is 0 Å². The first kappa shape index (κ1) is 69.2. The lowest BCUT2D eigenvalue weighted by Crippen LogP contribution is -2.30. The van der Waals surface area contributed by atoms with Gasteiger partial charge in [0.2, 0.25) is 0 Å². The van der Waals surface area contributed by atoms with Crippen molar-refractivity contribution >= 4 is 17.9 Å². The molecule has 0 aromatic carbocycles. The van der Waals surface area contributed by atoms with E-state index >= 15 is 0 Å². The van der Waals surface area contributed by atoms with Gasteiger partial charge in [-0.05, 0) is 38.5 Å². The Kier molecular flexibility index (Phi) is 59.1. The number of carbonyl (C=O) groups is 3. The van der Waals surface area contributed by atoms with E-state index in [1.165, 1.54) is 257 Å². The van der Waals surface area contributed by atoms with E-state index in [0.29, 0.717) is 19.3 Å². The molecule has 1 unspecified atom stereocenters. The largest absolute Gasteiger partial charge is 0.462 e. The maximum Gasteiger partial charge on any atom is 0.306 e. The molecule has 0 saturated heterocycles. The Morgan fingerprint density at radius 2 is 0.493 bits per heavy atom. The molecule has 0 aliphatic carbocycles. The lowest BCUT2D eigenvalue weighted by molar-refractivity contribution is -0.167. The van der Waals surface area contributed by atoms with Gasteiger partial charge in [0.05, 0.1) is 0 Å². The van der Waals surface area contributed by atoms with E-state index in [2.05, 4.69) is 32.9 Å². The molecule has 0 aliphatic heterocycles. The Hall–Kier alpha value is -1.85. The van der Waals surface area contributed by atoms with Crippen molar-refractivity contribution in [3.8, 4) is 0 Å². The standard InChI is InChI=1S/C65H124O6/c1-4-7-10-13-16-19-22-23-24-25-26-27-28-29-30-31-32-33-34-35-36-37-38-39-40-41-42-44-46-49-52-55-58-64(67)70-61-62(60-69-63(66)57-54-51-48-45-21-18-15-12-9-6-3)71-65(68)59-56-53-50-47-43-20-17-14-11-8-5-2/h12,15,62H,4-11,13-14,16-61H2,1-3H3/b15-12-. The molecule has 6 heteroatoms. The molecule has 0 aliphatic rings. The van der Waals surface area contributed by atoms with Gasteiger partial charge in [-0.2, -0.15) is 0 Å². The fraction of sp³-hybridized carbons (Fsp3) is 0.923. The number of ether oxygens (including phenoxy) is 3. The number of hydrogen-bond acceptors (Lipinski definition) is 6. The summed E-state index contributed by atoms with van der Waals surface area (Å²) in [7, 11) is 0. The highest BCUT2D eigenvalue weighted by Gasteiger charge is 2.19. The first-order valence-electron chi connectivity index (χ1n) is 32.2. The Labute approximate surface area is 443 Å². The van der Waals surface area contributed by atoms with Gasteiger partial charge in [-0.25, -0.2) is 0 Å². The summed E-state index contributed by atoms with van der Waals surface area (Å²) in [4.78, 5) is 38.0. The molecule has 0 bridgehead atoms. The van der Waals surface area contributed by atoms with Gasteiger partial charge in [-0.15, -0.1) is 0 Å². The number of unbranched alkanes of at least 4 members (excludes halogenated alkanes) is 47. The molecule has 420 valence electrons. The third kappa shape index (κ3) is 58.9. The molecular formula is C65H124O6. The first-order valence-corrected chi connectivity index (χ1v) is 32.2. The normalized spacial score (nSPS) is 12.0. The number of esters is 3. The summed E-state index contributed by atoms with van der Waals surface area (Å²) in [5.74, 6) is -0.857. The second-order valence-electron chi connectivity index (χ2n) is 22.0. The monoisotopic (exact) mass is 1000 g/mol. The second-order valence-corrected chi connectivity index (χ2v) is 22.0. The van der Waals surface area contributed by atoms with Crippen LogP contribution in [0.15, 0.2) is 12.2 Å². The van der Waals surface area contributed by atoms with E-state index in [4.69, 9.17) is 14.2 Å². The highest BCUT2D eigenvalue weighted by molar-refractivity contribution is 5.71. The molecule has 1 atom stereocenters. The number of hydrogen-bond donors (Lipinski definition) is 0. The van der Waals surface area contributed by atoms with Gasteiger partial charge in [-0.1, -0.05) is 322 Å². The van der Waals surface area contributed by atoms with E-state index in [-0.39, 0.29) is 31.1 Å². The van der Waals surface area contributed by atoms with Crippen LogP contribution in [0.25, 0.3) is 0 Å². The zero-order valence-electron chi connectivity index (χ0n) is 48.3. The van der Waals surface area contributed by atoms with E-state index in [9.17, 15) is 14.4 Å². The molecule has 0 aromatic rings. The Morgan fingerprint density at radius 3 is 0.761 bits per heavy atom. The van der Waals surface area contributed by atoms with Crippen LogP contribution >= 0.6 is 0 Å². The van der Waals surface area contributed by atoms with E-state index in [1.807, 2.05) is 0 Å². The highest BCUT2D eigenvalue weighted by Crippen LogP contribution is 2.18. The second kappa shape index (κ2) is 60.7. The SMILES string of the molecule is CCC/C=C\CCCCCCCC(=O)OCC(COC(=O)CCCCCCCCCCCCCCCCCCCCCCCCCCCCCCCCCC)OC(=O)CCCCCCCCCCCCC. The lowest BCUT2D eigenvalue weighted by Gasteiger charge is -2.18. The molecule has 0 amide bonds. The summed E-state index contributed by atoms with van der Waals surface area (Å²) in [6.07, 6.45) is 71.2. The number of allylic oxidation sites excluding steroid dienone is 2. The van der Waals surface area contributed by atoms with Gasteiger partial charge in [0.1, 0.15) is 13.2 Å². The van der Waals surface area contributed by atoms with Crippen LogP contribution in [0, 0.1) is 0 Å². The van der Waals surface area contributed by atoms with Crippen LogP contribution in [0.3, 0.4) is 0 Å². The van der Waals surface area contributed by atoms with Gasteiger partial charge in [0.15, 0.2) is 6.10 Å². The van der Waals surface area contributed by atoms with Crippen molar-refractivity contribution in [3.63, 3.8) is 0 Å². The van der Waals surface area contributed by atoms with Gasteiger partial charge >= 0.3 is 17.9 Å². The van der Waals surface area contributed by atoms with Gasteiger partial charge < -0.3 is 14.2 Å². The summed E-state index contributed by atoms with van der Waals surface area (Å²) in [5.41, 5.74) is 0. The summed E-state index contributed by atoms with van der Waals surface area (Å²) >= 11 is 0. The first-order chi connectivity index (χ1) is 35.0. The predicted octanol–water partition coefficient (Wildman–Crippen LogP) is 21.7. The molecule has 0 heterocycles. The van der Waals surface area contributed by atoms with Crippen LogP contribution in [0.2, 0.25) is 0 Å². The fourth-order valence-electron chi connectivity index (χ4n) is 9.92. The van der Waals surface area contributed by atoms with Crippen molar-refractivity contribution in [3.05, 3.63) is 12.2 Å². The fourth-order valence-corrected chi connectivity index (χ4v) is 9.92. The van der Waals surface area contributed by atoms with Crippen LogP contribution in [0.4, 0.5) is 0 Å². The van der Waals surface area contributed by atoms with Crippen LogP contribution < -0.4 is 0 Å². The van der Waals surface area contributed by atoms with Crippen molar-refractivity contribution in [2.45, 2.75) is 374 Å². The molecule has 0 aromatic heterocycles. The quantitative estimate of drug-likeness (QED) is 0.0261. The maximum absolute atomic E-state index is 12.8. The van der Waals surface area contributed by atoms with Crippen molar-refractivity contribution in [1.82, 2.24) is 0 Å². The maximum atomic E-state index is 12.8. The zero-order chi connectivity index (χ0) is 51.4. The van der Waals surface area contributed by atoms with E-state index < -0.39 is 6.10 Å². The molecular weight excluding hydrogens is 877 g/mol. The van der Waals surface area contributed by atoms with Crippen molar-refractivity contribution in [2.24, 2.45) is 0 Å². The van der Waals surface area contributed by atoms with Crippen LogP contribution in [0.1, 0.15) is 367 Å². The molecule has 0 fully saturated rings. The molecule has 0 N–H and O–H groups in total. The Morgan fingerprint density at radius 1 is 0.268 bits per heavy atom. The highest BCUT2D eigenvalue weighted by atomic mass is 16.6. The zero-order valence-corrected chi connectivity index (χ0v) is 48.3. The third-order valence-corrected chi connectivity index (χ3v) is 14.8. The Balaban J connectivity index is 3.94. The van der Waals surface area contributed by atoms with Crippen molar-refractivity contribution < 1.29 is 28.6 Å². The summed E-state index contributed by atoms with van der Waals surface area (Å²) < 4.78 is 16.8. The van der Waals surface area contributed by atoms with Crippen molar-refractivity contribution in [2.75, 3.05) is 13.2 Å². The van der Waals surface area contributed by atoms with Crippen molar-refractivity contribution in [1.29, 1.82) is 0 Å².